The van der Waals surface area contributed by atoms with E-state index in [1.54, 1.807) is 36.5 Å². The molecule has 1 aromatic heterocycles. The number of hydrogen-bond acceptors (Lipinski definition) is 4. The molecule has 0 bridgehead atoms. The summed E-state index contributed by atoms with van der Waals surface area (Å²) in [5.74, 6) is -0.658. The molecule has 0 radical (unpaired) electrons. The average Bonchev–Trinajstić information content (AvgIpc) is 2.55. The molecule has 0 fully saturated rings. The van der Waals surface area contributed by atoms with Gasteiger partial charge in [0.25, 0.3) is 0 Å². The largest absolute Gasteiger partial charge is 0.469 e. The second-order valence-electron chi connectivity index (χ2n) is 5.15. The Hall–Kier alpha value is -1.62. The first-order chi connectivity index (χ1) is 11.0. The number of ether oxygens (including phenoxy) is 1. The van der Waals surface area contributed by atoms with Crippen molar-refractivity contribution >= 4 is 29.2 Å². The molecule has 0 aliphatic heterocycles. The van der Waals surface area contributed by atoms with Gasteiger partial charge >= 0.3 is 5.97 Å². The summed E-state index contributed by atoms with van der Waals surface area (Å²) in [6.45, 7) is 0. The van der Waals surface area contributed by atoms with Gasteiger partial charge in [-0.25, -0.2) is 0 Å². The van der Waals surface area contributed by atoms with Crippen LogP contribution in [-0.4, -0.2) is 23.2 Å². The normalized spacial score (nSPS) is 13.4. The summed E-state index contributed by atoms with van der Waals surface area (Å²) >= 11 is 11.9. The molecule has 0 spiro atoms. The van der Waals surface area contributed by atoms with Gasteiger partial charge in [-0.2, -0.15) is 0 Å². The summed E-state index contributed by atoms with van der Waals surface area (Å²) in [6, 6.07) is 8.70. The van der Waals surface area contributed by atoms with E-state index in [-0.39, 0.29) is 18.3 Å². The number of halogens is 2. The van der Waals surface area contributed by atoms with E-state index in [1.807, 2.05) is 0 Å². The van der Waals surface area contributed by atoms with E-state index in [1.165, 1.54) is 13.3 Å². The lowest BCUT2D eigenvalue weighted by molar-refractivity contribution is -0.140. The Morgan fingerprint density at radius 1 is 1.17 bits per heavy atom. The van der Waals surface area contributed by atoms with Crippen molar-refractivity contribution in [2.45, 2.75) is 24.9 Å². The molecule has 0 aliphatic carbocycles. The molecule has 1 heterocycles. The third-order valence-corrected chi connectivity index (χ3v) is 4.09. The lowest BCUT2D eigenvalue weighted by Crippen LogP contribution is -2.14. The maximum absolute atomic E-state index is 11.5. The molecule has 6 heteroatoms. The summed E-state index contributed by atoms with van der Waals surface area (Å²) < 4.78 is 4.68. The second-order valence-corrected chi connectivity index (χ2v) is 6.03. The van der Waals surface area contributed by atoms with Crippen molar-refractivity contribution in [2.24, 2.45) is 0 Å². The number of benzene rings is 1. The minimum Gasteiger partial charge on any atom is -0.469 e. The first-order valence-corrected chi connectivity index (χ1v) is 7.87. The van der Waals surface area contributed by atoms with Crippen LogP contribution in [0.1, 0.15) is 36.0 Å². The number of nitrogens with zero attached hydrogens (tertiary/aromatic N) is 1. The van der Waals surface area contributed by atoms with Gasteiger partial charge in [0.15, 0.2) is 0 Å². The number of aliphatic hydroxyl groups is 1. The van der Waals surface area contributed by atoms with E-state index in [4.69, 9.17) is 23.2 Å². The zero-order valence-corrected chi connectivity index (χ0v) is 14.1. The van der Waals surface area contributed by atoms with Crippen LogP contribution in [0.4, 0.5) is 0 Å². The van der Waals surface area contributed by atoms with Crippen molar-refractivity contribution in [3.8, 4) is 0 Å². The molecular formula is C17H17Cl2NO3. The molecule has 2 atom stereocenters. The highest BCUT2D eigenvalue weighted by molar-refractivity contribution is 6.30. The van der Waals surface area contributed by atoms with Crippen LogP contribution in [0, 0.1) is 0 Å². The molecule has 0 saturated carbocycles. The fourth-order valence-corrected chi connectivity index (χ4v) is 2.71. The fourth-order valence-electron chi connectivity index (χ4n) is 2.41. The van der Waals surface area contributed by atoms with Gasteiger partial charge in [-0.05, 0) is 35.7 Å². The third-order valence-electron chi connectivity index (χ3n) is 3.63. The Morgan fingerprint density at radius 2 is 1.87 bits per heavy atom. The Kier molecular flexibility index (Phi) is 6.39. The van der Waals surface area contributed by atoms with Crippen molar-refractivity contribution in [2.75, 3.05) is 7.11 Å². The predicted octanol–water partition coefficient (Wildman–Crippen LogP) is 4.16. The average molecular weight is 354 g/mol. The van der Waals surface area contributed by atoms with Gasteiger partial charge in [-0.1, -0.05) is 35.3 Å². The van der Waals surface area contributed by atoms with Gasteiger partial charge in [-0.15, -0.1) is 0 Å². The van der Waals surface area contributed by atoms with E-state index in [0.717, 1.165) is 5.56 Å². The summed E-state index contributed by atoms with van der Waals surface area (Å²) in [5.41, 5.74) is 1.48. The number of hydrogen-bond donors (Lipinski definition) is 1. The van der Waals surface area contributed by atoms with Gasteiger partial charge in [0.05, 0.1) is 18.2 Å². The smallest absolute Gasteiger partial charge is 0.305 e. The molecule has 1 aromatic carbocycles. The molecular weight excluding hydrogens is 337 g/mol. The molecule has 2 unspecified atom stereocenters. The molecule has 122 valence electrons. The summed E-state index contributed by atoms with van der Waals surface area (Å²) in [6.07, 6.45) is 2.97. The predicted molar refractivity (Wildman–Crippen MR) is 89.6 cm³/mol. The van der Waals surface area contributed by atoms with Gasteiger partial charge < -0.3 is 9.84 Å². The Bertz CT molecular complexity index is 661. The van der Waals surface area contributed by atoms with Crippen LogP contribution >= 0.6 is 23.2 Å². The highest BCUT2D eigenvalue weighted by Crippen LogP contribution is 2.35. The molecule has 4 nitrogen and oxygen atoms in total. The first-order valence-electron chi connectivity index (χ1n) is 7.12. The Balaban J connectivity index is 2.28. The molecule has 2 aromatic rings. The number of esters is 1. The minimum atomic E-state index is -0.808. The number of pyridine rings is 1. The quantitative estimate of drug-likeness (QED) is 0.792. The number of rotatable bonds is 6. The molecule has 0 amide bonds. The van der Waals surface area contributed by atoms with Crippen LogP contribution in [0.5, 0.6) is 0 Å². The van der Waals surface area contributed by atoms with Gasteiger partial charge in [0, 0.05) is 29.8 Å². The molecule has 0 saturated heterocycles. The van der Waals surface area contributed by atoms with E-state index in [2.05, 4.69) is 9.72 Å². The zero-order chi connectivity index (χ0) is 16.8. The molecule has 1 N–H and O–H groups in total. The van der Waals surface area contributed by atoms with Gasteiger partial charge in [0.1, 0.15) is 0 Å². The summed E-state index contributed by atoms with van der Waals surface area (Å²) in [7, 11) is 1.34. The number of methoxy groups -OCH3 is 1. The third kappa shape index (κ3) is 4.93. The van der Waals surface area contributed by atoms with E-state index >= 15 is 0 Å². The number of carbonyl (C=O) groups excluding carboxylic acids is 1. The minimum absolute atomic E-state index is 0.193. The van der Waals surface area contributed by atoms with Gasteiger partial charge in [0.2, 0.25) is 0 Å². The maximum atomic E-state index is 11.5. The topological polar surface area (TPSA) is 59.4 Å². The van der Waals surface area contributed by atoms with Crippen molar-refractivity contribution in [3.63, 3.8) is 0 Å². The first kappa shape index (κ1) is 17.7. The van der Waals surface area contributed by atoms with Crippen molar-refractivity contribution < 1.29 is 14.6 Å². The van der Waals surface area contributed by atoms with Crippen molar-refractivity contribution in [3.05, 3.63) is 63.9 Å². The Morgan fingerprint density at radius 3 is 2.48 bits per heavy atom. The van der Waals surface area contributed by atoms with Gasteiger partial charge in [-0.3, -0.25) is 9.78 Å². The van der Waals surface area contributed by atoms with Crippen LogP contribution in [0.2, 0.25) is 10.0 Å². The second kappa shape index (κ2) is 8.29. The van der Waals surface area contributed by atoms with Crippen molar-refractivity contribution in [1.29, 1.82) is 0 Å². The molecule has 23 heavy (non-hydrogen) atoms. The highest BCUT2D eigenvalue weighted by Gasteiger charge is 2.24. The van der Waals surface area contributed by atoms with Crippen LogP contribution in [0.25, 0.3) is 0 Å². The SMILES string of the molecule is COC(=O)CCC(c1cncc(Cl)c1)C(O)c1ccc(Cl)cc1. The van der Waals surface area contributed by atoms with E-state index in [0.29, 0.717) is 22.0 Å². The fraction of sp³-hybridized carbons (Fsp3) is 0.294. The maximum Gasteiger partial charge on any atom is 0.305 e. The highest BCUT2D eigenvalue weighted by atomic mass is 35.5. The van der Waals surface area contributed by atoms with Crippen LogP contribution < -0.4 is 0 Å². The monoisotopic (exact) mass is 353 g/mol. The lowest BCUT2D eigenvalue weighted by Gasteiger charge is -2.23. The lowest BCUT2D eigenvalue weighted by atomic mass is 9.86. The molecule has 2 rings (SSSR count). The summed E-state index contributed by atoms with van der Waals surface area (Å²) in [5, 5.41) is 11.8. The standard InChI is InChI=1S/C17H17Cl2NO3/c1-23-16(21)7-6-15(12-8-14(19)10-20-9-12)17(22)11-2-4-13(18)5-3-11/h2-5,8-10,15,17,22H,6-7H2,1H3. The number of aromatic nitrogens is 1. The van der Waals surface area contributed by atoms with E-state index in [9.17, 15) is 9.90 Å². The zero-order valence-electron chi connectivity index (χ0n) is 12.6. The summed E-state index contributed by atoms with van der Waals surface area (Å²) in [4.78, 5) is 15.5. The Labute approximate surface area is 145 Å². The number of aliphatic hydroxyl groups excluding tert-OH is 1. The molecule has 0 aliphatic rings. The van der Waals surface area contributed by atoms with Crippen LogP contribution in [0.3, 0.4) is 0 Å². The van der Waals surface area contributed by atoms with E-state index < -0.39 is 6.10 Å². The number of carbonyl (C=O) groups is 1. The van der Waals surface area contributed by atoms with Crippen LogP contribution in [0.15, 0.2) is 42.7 Å². The van der Waals surface area contributed by atoms with Crippen LogP contribution in [-0.2, 0) is 9.53 Å². The van der Waals surface area contributed by atoms with Crippen molar-refractivity contribution in [1.82, 2.24) is 4.98 Å².